The average molecular weight is 480 g/mol. The normalized spacial score (nSPS) is 18.8. The molecule has 142 valence electrons. The summed E-state index contributed by atoms with van der Waals surface area (Å²) in [6, 6.07) is 6.84. The molecule has 1 fully saturated rings. The van der Waals surface area contributed by atoms with E-state index < -0.39 is 0 Å². The Hall–Kier alpha value is -0.540. The van der Waals surface area contributed by atoms with Crippen molar-refractivity contribution >= 4 is 41.7 Å². The Kier molecular flexibility index (Phi) is 10.8. The van der Waals surface area contributed by atoms with Crippen molar-refractivity contribution in [2.75, 3.05) is 39.5 Å². The van der Waals surface area contributed by atoms with E-state index in [1.54, 1.807) is 12.1 Å². The highest BCUT2D eigenvalue weighted by atomic mass is 127. The van der Waals surface area contributed by atoms with Gasteiger partial charge in [-0.05, 0) is 57.3 Å². The lowest BCUT2D eigenvalue weighted by Gasteiger charge is -2.24. The van der Waals surface area contributed by atoms with Crippen molar-refractivity contribution in [3.8, 4) is 0 Å². The molecule has 1 heterocycles. The van der Waals surface area contributed by atoms with Gasteiger partial charge in [-0.1, -0.05) is 12.1 Å². The smallest absolute Gasteiger partial charge is 0.191 e. The molecule has 1 aromatic rings. The molecular formula is C18H30FIN4S. The molecule has 0 saturated carbocycles. The molecule has 0 aromatic heterocycles. The van der Waals surface area contributed by atoms with Gasteiger partial charge in [-0.25, -0.2) is 4.39 Å². The monoisotopic (exact) mass is 480 g/mol. The molecule has 7 heteroatoms. The molecular weight excluding hydrogens is 450 g/mol. The van der Waals surface area contributed by atoms with Crippen LogP contribution in [0.15, 0.2) is 29.3 Å². The van der Waals surface area contributed by atoms with E-state index in [1.807, 2.05) is 31.9 Å². The van der Waals surface area contributed by atoms with Gasteiger partial charge < -0.3 is 15.5 Å². The van der Waals surface area contributed by atoms with Gasteiger partial charge in [-0.3, -0.25) is 4.99 Å². The standard InChI is InChI=1S/C18H29FN4S.HI/c1-4-20-18(21-12-16-9-6-10-24-16)22-13-17(23(2)3)14-7-5-8-15(19)11-14;/h5,7-8,11,16-17H,4,6,9-10,12-13H2,1-3H3,(H2,20,21,22);1H. The number of rotatable bonds is 7. The molecule has 1 aromatic carbocycles. The first kappa shape index (κ1) is 22.5. The van der Waals surface area contributed by atoms with Crippen LogP contribution in [0.1, 0.15) is 31.4 Å². The number of likely N-dealkylation sites (N-methyl/N-ethyl adjacent to an activating group) is 1. The topological polar surface area (TPSA) is 39.7 Å². The molecule has 1 saturated heterocycles. The summed E-state index contributed by atoms with van der Waals surface area (Å²) >= 11 is 2.04. The Morgan fingerprint density at radius 3 is 2.80 bits per heavy atom. The van der Waals surface area contributed by atoms with E-state index in [0.29, 0.717) is 11.8 Å². The molecule has 0 spiro atoms. The Morgan fingerprint density at radius 2 is 2.20 bits per heavy atom. The number of thioether (sulfide) groups is 1. The maximum absolute atomic E-state index is 13.5. The summed E-state index contributed by atoms with van der Waals surface area (Å²) in [6.45, 7) is 4.43. The van der Waals surface area contributed by atoms with Crippen molar-refractivity contribution in [3.05, 3.63) is 35.6 Å². The fourth-order valence-corrected chi connectivity index (χ4v) is 4.02. The number of guanidine groups is 1. The SMILES string of the molecule is CCNC(=NCC(c1cccc(F)c1)N(C)C)NCC1CCCS1.I. The lowest BCUT2D eigenvalue weighted by atomic mass is 10.1. The van der Waals surface area contributed by atoms with Crippen LogP contribution in [0.3, 0.4) is 0 Å². The van der Waals surface area contributed by atoms with E-state index >= 15 is 0 Å². The number of nitrogens with one attached hydrogen (secondary N) is 2. The average Bonchev–Trinajstić information content (AvgIpc) is 3.06. The van der Waals surface area contributed by atoms with Gasteiger partial charge in [0.15, 0.2) is 5.96 Å². The highest BCUT2D eigenvalue weighted by molar-refractivity contribution is 14.0. The second kappa shape index (κ2) is 12.0. The Labute approximate surface area is 172 Å². The number of halogens is 2. The molecule has 1 aliphatic rings. The second-order valence-electron chi connectivity index (χ2n) is 6.27. The highest BCUT2D eigenvalue weighted by Gasteiger charge is 2.17. The van der Waals surface area contributed by atoms with Gasteiger partial charge >= 0.3 is 0 Å². The van der Waals surface area contributed by atoms with Crippen LogP contribution in [0.4, 0.5) is 4.39 Å². The predicted molar refractivity (Wildman–Crippen MR) is 118 cm³/mol. The largest absolute Gasteiger partial charge is 0.357 e. The number of aliphatic imine (C=N–C) groups is 1. The van der Waals surface area contributed by atoms with Crippen LogP contribution in [0.25, 0.3) is 0 Å². The van der Waals surface area contributed by atoms with Crippen molar-refractivity contribution in [2.45, 2.75) is 31.1 Å². The van der Waals surface area contributed by atoms with E-state index in [0.717, 1.165) is 24.6 Å². The minimum atomic E-state index is -0.202. The first-order chi connectivity index (χ1) is 11.6. The van der Waals surface area contributed by atoms with Crippen molar-refractivity contribution in [2.24, 2.45) is 4.99 Å². The predicted octanol–water partition coefficient (Wildman–Crippen LogP) is 3.50. The molecule has 25 heavy (non-hydrogen) atoms. The summed E-state index contributed by atoms with van der Waals surface area (Å²) in [7, 11) is 4.00. The van der Waals surface area contributed by atoms with E-state index in [-0.39, 0.29) is 35.8 Å². The third kappa shape index (κ3) is 7.70. The third-order valence-corrected chi connectivity index (χ3v) is 5.54. The molecule has 2 atom stereocenters. The van der Waals surface area contributed by atoms with E-state index in [9.17, 15) is 4.39 Å². The third-order valence-electron chi connectivity index (χ3n) is 4.14. The fourth-order valence-electron chi connectivity index (χ4n) is 2.82. The quantitative estimate of drug-likeness (QED) is 0.356. The summed E-state index contributed by atoms with van der Waals surface area (Å²) in [5, 5.41) is 7.43. The second-order valence-corrected chi connectivity index (χ2v) is 7.68. The van der Waals surface area contributed by atoms with E-state index in [2.05, 4.69) is 22.5 Å². The lowest BCUT2D eigenvalue weighted by molar-refractivity contribution is 0.305. The number of hydrogen-bond donors (Lipinski definition) is 2. The van der Waals surface area contributed by atoms with Gasteiger partial charge in [0.1, 0.15) is 5.82 Å². The van der Waals surface area contributed by atoms with Crippen LogP contribution >= 0.6 is 35.7 Å². The Balaban J connectivity index is 0.00000312. The first-order valence-electron chi connectivity index (χ1n) is 8.65. The van der Waals surface area contributed by atoms with Gasteiger partial charge in [-0.15, -0.1) is 24.0 Å². The van der Waals surface area contributed by atoms with Crippen LogP contribution in [-0.4, -0.2) is 55.6 Å². The summed E-state index contributed by atoms with van der Waals surface area (Å²) in [5.41, 5.74) is 0.950. The molecule has 4 nitrogen and oxygen atoms in total. The molecule has 0 radical (unpaired) electrons. The van der Waals surface area contributed by atoms with Gasteiger partial charge in [0.2, 0.25) is 0 Å². The molecule has 0 bridgehead atoms. The van der Waals surface area contributed by atoms with Gasteiger partial charge in [0, 0.05) is 18.3 Å². The van der Waals surface area contributed by atoms with Crippen LogP contribution in [-0.2, 0) is 0 Å². The Bertz CT molecular complexity index is 536. The molecule has 2 N–H and O–H groups in total. The van der Waals surface area contributed by atoms with Gasteiger partial charge in [0.05, 0.1) is 12.6 Å². The van der Waals surface area contributed by atoms with Gasteiger partial charge in [-0.2, -0.15) is 11.8 Å². The first-order valence-corrected chi connectivity index (χ1v) is 9.70. The summed E-state index contributed by atoms with van der Waals surface area (Å²) in [5.74, 6) is 1.90. The minimum absolute atomic E-state index is 0. The van der Waals surface area contributed by atoms with Crippen molar-refractivity contribution in [1.29, 1.82) is 0 Å². The van der Waals surface area contributed by atoms with Crippen molar-refractivity contribution in [1.82, 2.24) is 15.5 Å². The highest BCUT2D eigenvalue weighted by Crippen LogP contribution is 2.25. The zero-order valence-corrected chi connectivity index (χ0v) is 18.4. The molecule has 0 aliphatic carbocycles. The maximum Gasteiger partial charge on any atom is 0.191 e. The zero-order valence-electron chi connectivity index (χ0n) is 15.3. The maximum atomic E-state index is 13.5. The zero-order chi connectivity index (χ0) is 17.4. The number of benzene rings is 1. The number of hydrogen-bond acceptors (Lipinski definition) is 3. The van der Waals surface area contributed by atoms with Crippen molar-refractivity contribution < 1.29 is 4.39 Å². The molecule has 1 aliphatic heterocycles. The van der Waals surface area contributed by atoms with Crippen LogP contribution in [0, 0.1) is 5.82 Å². The number of nitrogens with zero attached hydrogens (tertiary/aromatic N) is 2. The van der Waals surface area contributed by atoms with Crippen LogP contribution in [0.2, 0.25) is 0 Å². The summed E-state index contributed by atoms with van der Waals surface area (Å²) < 4.78 is 13.5. The molecule has 2 unspecified atom stereocenters. The Morgan fingerprint density at radius 1 is 1.40 bits per heavy atom. The summed E-state index contributed by atoms with van der Waals surface area (Å²) in [4.78, 5) is 6.80. The fraction of sp³-hybridized carbons (Fsp3) is 0.611. The van der Waals surface area contributed by atoms with E-state index in [1.165, 1.54) is 24.7 Å². The van der Waals surface area contributed by atoms with Crippen LogP contribution < -0.4 is 10.6 Å². The minimum Gasteiger partial charge on any atom is -0.357 e. The molecule has 0 amide bonds. The summed E-state index contributed by atoms with van der Waals surface area (Å²) in [6.07, 6.45) is 2.59. The van der Waals surface area contributed by atoms with Crippen LogP contribution in [0.5, 0.6) is 0 Å². The molecule has 2 rings (SSSR count). The van der Waals surface area contributed by atoms with Crippen molar-refractivity contribution in [3.63, 3.8) is 0 Å². The van der Waals surface area contributed by atoms with E-state index in [4.69, 9.17) is 4.99 Å². The lowest BCUT2D eigenvalue weighted by Crippen LogP contribution is -2.40. The van der Waals surface area contributed by atoms with Gasteiger partial charge in [0.25, 0.3) is 0 Å².